The number of nitrogens with two attached hydrogens (primary N) is 1. The van der Waals surface area contributed by atoms with Gasteiger partial charge in [0.25, 0.3) is 0 Å². The van der Waals surface area contributed by atoms with Crippen LogP contribution < -0.4 is 10.5 Å². The van der Waals surface area contributed by atoms with E-state index < -0.39 is 10.0 Å². The van der Waals surface area contributed by atoms with Gasteiger partial charge in [-0.1, -0.05) is 41.7 Å². The molecule has 1 heterocycles. The molecule has 0 bridgehead atoms. The first kappa shape index (κ1) is 15.9. The van der Waals surface area contributed by atoms with Gasteiger partial charge in [-0.25, -0.2) is 18.5 Å². The fourth-order valence-electron chi connectivity index (χ4n) is 1.95. The van der Waals surface area contributed by atoms with Crippen LogP contribution in [0.4, 0.5) is 5.13 Å². The highest BCUT2D eigenvalue weighted by Crippen LogP contribution is 2.24. The second-order valence-electron chi connectivity index (χ2n) is 4.53. The average molecular weight is 327 g/mol. The Morgan fingerprint density at radius 3 is 2.62 bits per heavy atom. The molecule has 0 radical (unpaired) electrons. The Balaban J connectivity index is 2.04. The van der Waals surface area contributed by atoms with Gasteiger partial charge < -0.3 is 10.4 Å². The second kappa shape index (κ2) is 6.99. The van der Waals surface area contributed by atoms with Gasteiger partial charge in [0.15, 0.2) is 9.34 Å². The third-order valence-electron chi connectivity index (χ3n) is 3.01. The molecule has 4 N–H and O–H groups in total. The van der Waals surface area contributed by atoms with E-state index in [2.05, 4.69) is 10.3 Å². The van der Waals surface area contributed by atoms with Crippen molar-refractivity contribution in [1.82, 2.24) is 4.98 Å². The fourth-order valence-corrected chi connectivity index (χ4v) is 3.41. The third kappa shape index (κ3) is 4.50. The number of aliphatic hydroxyl groups excluding tert-OH is 1. The lowest BCUT2D eigenvalue weighted by Gasteiger charge is -2.16. The van der Waals surface area contributed by atoms with Crippen LogP contribution in [0.3, 0.4) is 0 Å². The van der Waals surface area contributed by atoms with Crippen molar-refractivity contribution in [3.63, 3.8) is 0 Å². The van der Waals surface area contributed by atoms with Gasteiger partial charge in [0.1, 0.15) is 0 Å². The zero-order valence-corrected chi connectivity index (χ0v) is 12.9. The quantitative estimate of drug-likeness (QED) is 0.712. The molecule has 8 heteroatoms. The predicted octanol–water partition coefficient (Wildman–Crippen LogP) is 1.37. The van der Waals surface area contributed by atoms with Crippen molar-refractivity contribution in [1.29, 1.82) is 0 Å². The summed E-state index contributed by atoms with van der Waals surface area (Å²) in [4.78, 5) is 3.99. The van der Waals surface area contributed by atoms with E-state index in [1.807, 2.05) is 30.3 Å². The number of aliphatic hydroxyl groups is 1. The number of aromatic nitrogens is 1. The lowest BCUT2D eigenvalue weighted by molar-refractivity contribution is 0.277. The lowest BCUT2D eigenvalue weighted by atomic mass is 9.96. The molecule has 114 valence electrons. The smallest absolute Gasteiger partial charge is 0.249 e. The first-order valence-corrected chi connectivity index (χ1v) is 8.75. The minimum absolute atomic E-state index is 0.0309. The Labute approximate surface area is 127 Å². The highest BCUT2D eigenvalue weighted by atomic mass is 32.2. The largest absolute Gasteiger partial charge is 0.396 e. The van der Waals surface area contributed by atoms with Crippen LogP contribution in [0.2, 0.25) is 0 Å². The number of anilines is 1. The van der Waals surface area contributed by atoms with E-state index in [1.54, 1.807) is 0 Å². The summed E-state index contributed by atoms with van der Waals surface area (Å²) in [5, 5.41) is 17.8. The summed E-state index contributed by atoms with van der Waals surface area (Å²) in [6.45, 7) is 0.643. The molecule has 1 atom stereocenters. The van der Waals surface area contributed by atoms with Crippen molar-refractivity contribution >= 4 is 26.5 Å². The Bertz CT molecular complexity index is 671. The van der Waals surface area contributed by atoms with Gasteiger partial charge in [-0.2, -0.15) is 0 Å². The van der Waals surface area contributed by atoms with Crippen molar-refractivity contribution in [2.45, 2.75) is 16.5 Å². The van der Waals surface area contributed by atoms with Crippen molar-refractivity contribution in [3.05, 3.63) is 42.1 Å². The van der Waals surface area contributed by atoms with E-state index in [9.17, 15) is 8.42 Å². The van der Waals surface area contributed by atoms with Crippen LogP contribution in [0.5, 0.6) is 0 Å². The topological polar surface area (TPSA) is 105 Å². The van der Waals surface area contributed by atoms with E-state index in [0.717, 1.165) is 16.9 Å². The molecule has 0 aliphatic rings. The predicted molar refractivity (Wildman–Crippen MR) is 82.9 cm³/mol. The van der Waals surface area contributed by atoms with Crippen molar-refractivity contribution in [2.24, 2.45) is 5.14 Å². The minimum Gasteiger partial charge on any atom is -0.396 e. The maximum absolute atomic E-state index is 11.2. The summed E-state index contributed by atoms with van der Waals surface area (Å²) in [6.07, 6.45) is 1.86. The number of primary sulfonamides is 1. The Morgan fingerprint density at radius 2 is 2.05 bits per heavy atom. The summed E-state index contributed by atoms with van der Waals surface area (Å²) >= 11 is 0.997. The Kier molecular flexibility index (Phi) is 5.29. The summed E-state index contributed by atoms with van der Waals surface area (Å²) < 4.78 is 22.4. The maximum atomic E-state index is 11.2. The summed E-state index contributed by atoms with van der Waals surface area (Å²) in [7, 11) is -3.71. The number of thiazole rings is 1. The van der Waals surface area contributed by atoms with Gasteiger partial charge >= 0.3 is 0 Å². The number of hydrogen-bond acceptors (Lipinski definition) is 6. The van der Waals surface area contributed by atoms with E-state index in [1.165, 1.54) is 6.20 Å². The molecule has 0 fully saturated rings. The van der Waals surface area contributed by atoms with Gasteiger partial charge in [0.05, 0.1) is 6.20 Å². The first-order chi connectivity index (χ1) is 10.0. The lowest BCUT2D eigenvalue weighted by Crippen LogP contribution is -2.14. The molecule has 0 saturated carbocycles. The SMILES string of the molecule is NS(=O)(=O)c1cnc(NCC(CCO)c2ccccc2)s1. The van der Waals surface area contributed by atoms with E-state index in [0.29, 0.717) is 18.1 Å². The molecule has 21 heavy (non-hydrogen) atoms. The van der Waals surface area contributed by atoms with E-state index >= 15 is 0 Å². The molecule has 0 amide bonds. The fraction of sp³-hybridized carbons (Fsp3) is 0.308. The zero-order chi connectivity index (χ0) is 15.3. The monoisotopic (exact) mass is 327 g/mol. The van der Waals surface area contributed by atoms with Crippen molar-refractivity contribution < 1.29 is 13.5 Å². The molecule has 6 nitrogen and oxygen atoms in total. The molecule has 0 aliphatic heterocycles. The zero-order valence-electron chi connectivity index (χ0n) is 11.3. The van der Waals surface area contributed by atoms with Gasteiger partial charge in [-0.15, -0.1) is 0 Å². The van der Waals surface area contributed by atoms with Crippen LogP contribution in [-0.4, -0.2) is 31.7 Å². The molecular formula is C13H17N3O3S2. The number of sulfonamides is 1. The summed E-state index contributed by atoms with van der Waals surface area (Å²) in [5.74, 6) is 0.123. The Morgan fingerprint density at radius 1 is 1.33 bits per heavy atom. The van der Waals surface area contributed by atoms with E-state index in [4.69, 9.17) is 10.2 Å². The molecular weight excluding hydrogens is 310 g/mol. The van der Waals surface area contributed by atoms with Crippen molar-refractivity contribution in [2.75, 3.05) is 18.5 Å². The highest BCUT2D eigenvalue weighted by molar-refractivity contribution is 7.91. The highest BCUT2D eigenvalue weighted by Gasteiger charge is 2.15. The van der Waals surface area contributed by atoms with Gasteiger partial charge in [0, 0.05) is 19.1 Å². The molecule has 1 aromatic carbocycles. The number of rotatable bonds is 7. The molecule has 2 aromatic rings. The van der Waals surface area contributed by atoms with Crippen LogP contribution in [0.15, 0.2) is 40.7 Å². The molecule has 0 aliphatic carbocycles. The normalized spacial score (nSPS) is 13.0. The summed E-state index contributed by atoms with van der Waals surface area (Å²) in [5.41, 5.74) is 1.11. The third-order valence-corrected chi connectivity index (χ3v) is 5.38. The molecule has 0 spiro atoms. The van der Waals surface area contributed by atoms with Gasteiger partial charge in [-0.05, 0) is 12.0 Å². The number of nitrogens with zero attached hydrogens (tertiary/aromatic N) is 1. The van der Waals surface area contributed by atoms with Gasteiger partial charge in [0.2, 0.25) is 10.0 Å². The van der Waals surface area contributed by atoms with Crippen LogP contribution in [0.1, 0.15) is 17.9 Å². The van der Waals surface area contributed by atoms with Crippen LogP contribution >= 0.6 is 11.3 Å². The Hall–Kier alpha value is -1.48. The van der Waals surface area contributed by atoms with Crippen LogP contribution in [0, 0.1) is 0 Å². The second-order valence-corrected chi connectivity index (χ2v) is 7.35. The molecule has 1 aromatic heterocycles. The number of hydrogen-bond donors (Lipinski definition) is 3. The molecule has 0 saturated heterocycles. The van der Waals surface area contributed by atoms with Crippen molar-refractivity contribution in [3.8, 4) is 0 Å². The molecule has 1 unspecified atom stereocenters. The number of benzene rings is 1. The van der Waals surface area contributed by atoms with Crippen LogP contribution in [0.25, 0.3) is 0 Å². The van der Waals surface area contributed by atoms with Gasteiger partial charge in [-0.3, -0.25) is 0 Å². The minimum atomic E-state index is -3.71. The van der Waals surface area contributed by atoms with E-state index in [-0.39, 0.29) is 16.7 Å². The molecule has 2 rings (SSSR count). The van der Waals surface area contributed by atoms with Crippen LogP contribution in [-0.2, 0) is 10.0 Å². The maximum Gasteiger partial charge on any atom is 0.249 e. The number of nitrogens with one attached hydrogen (secondary N) is 1. The summed E-state index contributed by atoms with van der Waals surface area (Å²) in [6, 6.07) is 9.83. The average Bonchev–Trinajstić information content (AvgIpc) is 2.93. The first-order valence-electron chi connectivity index (χ1n) is 6.39. The standard InChI is InChI=1S/C13H17N3O3S2/c14-21(18,19)12-9-16-13(20-12)15-8-11(6-7-17)10-4-2-1-3-5-10/h1-5,9,11,17H,6-8H2,(H,15,16)(H2,14,18,19).